The zero-order chi connectivity index (χ0) is 13.2. The molecule has 1 nitrogen and oxygen atoms in total. The normalized spacial score (nSPS) is 11.6. The van der Waals surface area contributed by atoms with Crippen molar-refractivity contribution in [1.82, 2.24) is 0 Å². The molecule has 18 heavy (non-hydrogen) atoms. The molecule has 0 radical (unpaired) electrons. The third-order valence-corrected chi connectivity index (χ3v) is 3.24. The van der Waals surface area contributed by atoms with Crippen LogP contribution in [0.1, 0.15) is 31.9 Å². The van der Waals surface area contributed by atoms with E-state index < -0.39 is 0 Å². The van der Waals surface area contributed by atoms with E-state index in [2.05, 4.69) is 69.3 Å². The van der Waals surface area contributed by atoms with E-state index in [-0.39, 0.29) is 5.41 Å². The number of nitrogens with two attached hydrogens (primary N) is 1. The van der Waals surface area contributed by atoms with Gasteiger partial charge in [-0.05, 0) is 27.7 Å². The Hall–Kier alpha value is -1.60. The summed E-state index contributed by atoms with van der Waals surface area (Å²) in [6.45, 7) is 7.35. The van der Waals surface area contributed by atoms with Crippen LogP contribution in [0.4, 0.5) is 0 Å². The lowest BCUT2D eigenvalue weighted by atomic mass is 9.82. The molecule has 0 fully saturated rings. The summed E-state index contributed by atoms with van der Waals surface area (Å²) in [5.41, 5.74) is 10.9. The molecule has 0 aliphatic heterocycles. The maximum Gasteiger partial charge on any atom is 0.0178 e. The van der Waals surface area contributed by atoms with Crippen LogP contribution in [-0.2, 0) is 12.0 Å². The molecule has 2 aromatic carbocycles. The third kappa shape index (κ3) is 2.62. The van der Waals surface area contributed by atoms with Gasteiger partial charge in [-0.25, -0.2) is 0 Å². The van der Waals surface area contributed by atoms with Gasteiger partial charge in [0, 0.05) is 6.54 Å². The van der Waals surface area contributed by atoms with Crippen molar-refractivity contribution in [3.63, 3.8) is 0 Å². The Kier molecular flexibility index (Phi) is 3.53. The van der Waals surface area contributed by atoms with Crippen LogP contribution in [0, 0.1) is 0 Å². The van der Waals surface area contributed by atoms with Gasteiger partial charge in [0.15, 0.2) is 0 Å². The topological polar surface area (TPSA) is 26.0 Å². The summed E-state index contributed by atoms with van der Waals surface area (Å²) < 4.78 is 0. The average molecular weight is 239 g/mol. The van der Waals surface area contributed by atoms with Gasteiger partial charge in [-0.2, -0.15) is 0 Å². The van der Waals surface area contributed by atoms with Gasteiger partial charge in [0.05, 0.1) is 0 Å². The smallest absolute Gasteiger partial charge is 0.0178 e. The van der Waals surface area contributed by atoms with Crippen LogP contribution in [0.25, 0.3) is 11.1 Å². The van der Waals surface area contributed by atoms with E-state index in [0.29, 0.717) is 6.54 Å². The second-order valence-corrected chi connectivity index (χ2v) is 5.70. The second kappa shape index (κ2) is 4.95. The molecule has 0 spiro atoms. The Balaban J connectivity index is 2.50. The molecule has 0 bridgehead atoms. The zero-order valence-corrected chi connectivity index (χ0v) is 11.4. The maximum absolute atomic E-state index is 5.64. The fourth-order valence-electron chi connectivity index (χ4n) is 2.21. The SMILES string of the molecule is CC(C)(C)c1ccccc1-c1ccc(CN)cc1. The number of hydrogen-bond donors (Lipinski definition) is 1. The summed E-state index contributed by atoms with van der Waals surface area (Å²) in [7, 11) is 0. The second-order valence-electron chi connectivity index (χ2n) is 5.70. The lowest BCUT2D eigenvalue weighted by Crippen LogP contribution is -2.12. The summed E-state index contributed by atoms with van der Waals surface area (Å²) >= 11 is 0. The van der Waals surface area contributed by atoms with Crippen LogP contribution < -0.4 is 5.73 Å². The van der Waals surface area contributed by atoms with E-state index in [1.807, 2.05) is 0 Å². The standard InChI is InChI=1S/C17H21N/c1-17(2,3)16-7-5-4-6-15(16)14-10-8-13(12-18)9-11-14/h4-11H,12,18H2,1-3H3. The first-order valence-electron chi connectivity index (χ1n) is 6.41. The molecule has 0 aliphatic carbocycles. The van der Waals surface area contributed by atoms with Crippen LogP contribution in [-0.4, -0.2) is 0 Å². The van der Waals surface area contributed by atoms with E-state index in [1.165, 1.54) is 22.3 Å². The third-order valence-electron chi connectivity index (χ3n) is 3.24. The van der Waals surface area contributed by atoms with Gasteiger partial charge in [0.1, 0.15) is 0 Å². The van der Waals surface area contributed by atoms with Crippen molar-refractivity contribution in [2.24, 2.45) is 5.73 Å². The number of benzene rings is 2. The Morgan fingerprint density at radius 1 is 0.889 bits per heavy atom. The molecule has 0 saturated carbocycles. The van der Waals surface area contributed by atoms with E-state index in [0.717, 1.165) is 0 Å². The van der Waals surface area contributed by atoms with Gasteiger partial charge in [-0.15, -0.1) is 0 Å². The molecular formula is C17H21N. The van der Waals surface area contributed by atoms with Crippen LogP contribution >= 0.6 is 0 Å². The molecule has 0 atom stereocenters. The van der Waals surface area contributed by atoms with E-state index in [9.17, 15) is 0 Å². The highest BCUT2D eigenvalue weighted by molar-refractivity contribution is 5.68. The lowest BCUT2D eigenvalue weighted by molar-refractivity contribution is 0.592. The first kappa shape index (κ1) is 12.8. The van der Waals surface area contributed by atoms with E-state index in [4.69, 9.17) is 5.73 Å². The van der Waals surface area contributed by atoms with Crippen LogP contribution in [0.15, 0.2) is 48.5 Å². The van der Waals surface area contributed by atoms with Gasteiger partial charge in [0.25, 0.3) is 0 Å². The molecule has 0 aromatic heterocycles. The Labute approximate surface area is 110 Å². The first-order chi connectivity index (χ1) is 8.52. The van der Waals surface area contributed by atoms with Crippen molar-refractivity contribution in [2.45, 2.75) is 32.7 Å². The lowest BCUT2D eigenvalue weighted by Gasteiger charge is -2.23. The van der Waals surface area contributed by atoms with Gasteiger partial charge >= 0.3 is 0 Å². The molecule has 0 unspecified atom stereocenters. The predicted octanol–water partition coefficient (Wildman–Crippen LogP) is 4.11. The summed E-state index contributed by atoms with van der Waals surface area (Å²) in [5, 5.41) is 0. The molecule has 0 heterocycles. The average Bonchev–Trinajstić information content (AvgIpc) is 2.38. The van der Waals surface area contributed by atoms with Gasteiger partial charge in [-0.1, -0.05) is 69.3 Å². The van der Waals surface area contributed by atoms with Gasteiger partial charge in [-0.3, -0.25) is 0 Å². The van der Waals surface area contributed by atoms with Crippen molar-refractivity contribution in [3.8, 4) is 11.1 Å². The van der Waals surface area contributed by atoms with Crippen molar-refractivity contribution < 1.29 is 0 Å². The molecule has 94 valence electrons. The van der Waals surface area contributed by atoms with E-state index in [1.54, 1.807) is 0 Å². The van der Waals surface area contributed by atoms with Crippen molar-refractivity contribution in [1.29, 1.82) is 0 Å². The van der Waals surface area contributed by atoms with E-state index >= 15 is 0 Å². The summed E-state index contributed by atoms with van der Waals surface area (Å²) in [5.74, 6) is 0. The minimum Gasteiger partial charge on any atom is -0.326 e. The van der Waals surface area contributed by atoms with Crippen molar-refractivity contribution >= 4 is 0 Å². The number of rotatable bonds is 2. The quantitative estimate of drug-likeness (QED) is 0.838. The van der Waals surface area contributed by atoms with Crippen LogP contribution in [0.5, 0.6) is 0 Å². The Morgan fingerprint density at radius 2 is 1.50 bits per heavy atom. The molecule has 2 rings (SSSR count). The van der Waals surface area contributed by atoms with Crippen LogP contribution in [0.2, 0.25) is 0 Å². The Morgan fingerprint density at radius 3 is 2.06 bits per heavy atom. The summed E-state index contributed by atoms with van der Waals surface area (Å²) in [6, 6.07) is 17.1. The largest absolute Gasteiger partial charge is 0.326 e. The van der Waals surface area contributed by atoms with Gasteiger partial charge in [0.2, 0.25) is 0 Å². The highest BCUT2D eigenvalue weighted by Gasteiger charge is 2.17. The fourth-order valence-corrected chi connectivity index (χ4v) is 2.21. The molecule has 2 N–H and O–H groups in total. The molecule has 2 aromatic rings. The van der Waals surface area contributed by atoms with Crippen LogP contribution in [0.3, 0.4) is 0 Å². The van der Waals surface area contributed by atoms with Crippen molar-refractivity contribution in [3.05, 3.63) is 59.7 Å². The predicted molar refractivity (Wildman–Crippen MR) is 78.5 cm³/mol. The Bertz CT molecular complexity index is 518. The summed E-state index contributed by atoms with van der Waals surface area (Å²) in [4.78, 5) is 0. The highest BCUT2D eigenvalue weighted by atomic mass is 14.5. The molecule has 0 aliphatic rings. The van der Waals surface area contributed by atoms with Gasteiger partial charge < -0.3 is 5.73 Å². The fraction of sp³-hybridized carbons (Fsp3) is 0.294. The minimum atomic E-state index is 0.156. The first-order valence-corrected chi connectivity index (χ1v) is 6.41. The molecular weight excluding hydrogens is 218 g/mol. The minimum absolute atomic E-state index is 0.156. The molecule has 0 saturated heterocycles. The number of hydrogen-bond acceptors (Lipinski definition) is 1. The molecule has 0 amide bonds. The highest BCUT2D eigenvalue weighted by Crippen LogP contribution is 2.32. The zero-order valence-electron chi connectivity index (χ0n) is 11.4. The maximum atomic E-state index is 5.64. The molecule has 1 heteroatoms. The van der Waals surface area contributed by atoms with Crippen molar-refractivity contribution in [2.75, 3.05) is 0 Å². The summed E-state index contributed by atoms with van der Waals surface area (Å²) in [6.07, 6.45) is 0. The monoisotopic (exact) mass is 239 g/mol.